The number of nitrogens with zero attached hydrogens (tertiary/aromatic N) is 4. The molecule has 0 radical (unpaired) electrons. The lowest BCUT2D eigenvalue weighted by Crippen LogP contribution is -2.31. The van der Waals surface area contributed by atoms with Crippen LogP contribution in [0.5, 0.6) is 0 Å². The number of urea groups is 1. The third-order valence-corrected chi connectivity index (χ3v) is 4.49. The van der Waals surface area contributed by atoms with Gasteiger partial charge in [-0.05, 0) is 19.1 Å². The zero-order chi connectivity index (χ0) is 21.1. The molecule has 3 rings (SSSR count). The molecular formula is C18H13Cl2N5O4. The number of hydrazone groups is 1. The van der Waals surface area contributed by atoms with E-state index in [0.717, 1.165) is 5.01 Å². The van der Waals surface area contributed by atoms with E-state index in [0.29, 0.717) is 21.2 Å². The van der Waals surface area contributed by atoms with Crippen LogP contribution in [0.25, 0.3) is 11.3 Å². The predicted octanol–water partition coefficient (Wildman–Crippen LogP) is 4.78. The summed E-state index contributed by atoms with van der Waals surface area (Å²) in [5, 5.41) is 20.4. The first kappa shape index (κ1) is 20.3. The van der Waals surface area contributed by atoms with Gasteiger partial charge < -0.3 is 10.3 Å². The highest BCUT2D eigenvalue weighted by Gasteiger charge is 2.27. The molecule has 0 saturated heterocycles. The van der Waals surface area contributed by atoms with Gasteiger partial charge in [-0.2, -0.15) is 10.1 Å². The van der Waals surface area contributed by atoms with Crippen molar-refractivity contribution in [1.29, 1.82) is 0 Å². The van der Waals surface area contributed by atoms with Crippen molar-refractivity contribution >= 4 is 46.8 Å². The van der Waals surface area contributed by atoms with Gasteiger partial charge in [-0.3, -0.25) is 10.1 Å². The fraction of sp³-hybridized carbons (Fsp3) is 0.0556. The summed E-state index contributed by atoms with van der Waals surface area (Å²) in [5.41, 5.74) is 6.43. The van der Waals surface area contributed by atoms with Crippen molar-refractivity contribution in [3.63, 3.8) is 0 Å². The molecule has 0 aliphatic carbocycles. The summed E-state index contributed by atoms with van der Waals surface area (Å²) >= 11 is 12.5. The minimum atomic E-state index is -0.928. The molecule has 0 bridgehead atoms. The van der Waals surface area contributed by atoms with Gasteiger partial charge in [0.05, 0.1) is 21.2 Å². The van der Waals surface area contributed by atoms with Crippen molar-refractivity contribution in [2.45, 2.75) is 6.92 Å². The lowest BCUT2D eigenvalue weighted by Gasteiger charge is -2.15. The van der Waals surface area contributed by atoms with Crippen LogP contribution in [-0.4, -0.2) is 22.3 Å². The van der Waals surface area contributed by atoms with E-state index in [4.69, 9.17) is 33.5 Å². The van der Waals surface area contributed by atoms with Crippen LogP contribution < -0.4 is 10.7 Å². The first-order chi connectivity index (χ1) is 13.8. The van der Waals surface area contributed by atoms with Gasteiger partial charge in [0.2, 0.25) is 0 Å². The Morgan fingerprint density at radius 1 is 1.28 bits per heavy atom. The number of nitro benzene ring substituents is 1. The van der Waals surface area contributed by atoms with Crippen LogP contribution in [0.4, 0.5) is 16.2 Å². The van der Waals surface area contributed by atoms with E-state index in [1.54, 1.807) is 31.2 Å². The van der Waals surface area contributed by atoms with E-state index < -0.39 is 11.0 Å². The maximum atomic E-state index is 12.1. The molecule has 2 aromatic carbocycles. The van der Waals surface area contributed by atoms with Gasteiger partial charge in [-0.1, -0.05) is 46.6 Å². The number of anilines is 1. The van der Waals surface area contributed by atoms with Gasteiger partial charge in [0, 0.05) is 23.3 Å². The molecule has 148 valence electrons. The quantitative estimate of drug-likeness (QED) is 0.351. The van der Waals surface area contributed by atoms with Gasteiger partial charge in [-0.15, -0.1) is 0 Å². The fourth-order valence-corrected chi connectivity index (χ4v) is 3.15. The highest BCUT2D eigenvalue weighted by atomic mass is 35.5. The maximum absolute atomic E-state index is 12.1. The number of non-ortho nitro benzene ring substituents is 1. The molecule has 9 nitrogen and oxygen atoms in total. The summed E-state index contributed by atoms with van der Waals surface area (Å²) in [6, 6.07) is 9.67. The molecule has 1 heterocycles. The molecule has 1 aromatic heterocycles. The van der Waals surface area contributed by atoms with Crippen molar-refractivity contribution in [2.75, 3.05) is 5.01 Å². The molecule has 2 amide bonds. The van der Waals surface area contributed by atoms with Gasteiger partial charge in [0.25, 0.3) is 5.69 Å². The van der Waals surface area contributed by atoms with Crippen molar-refractivity contribution in [2.24, 2.45) is 10.8 Å². The lowest BCUT2D eigenvalue weighted by molar-refractivity contribution is -0.384. The summed E-state index contributed by atoms with van der Waals surface area (Å²) in [7, 11) is 0. The third kappa shape index (κ3) is 4.20. The Morgan fingerprint density at radius 2 is 1.93 bits per heavy atom. The average molecular weight is 434 g/mol. The van der Waals surface area contributed by atoms with Gasteiger partial charge in [0.15, 0.2) is 5.76 Å². The number of hydrogen-bond acceptors (Lipinski definition) is 6. The number of aromatic nitrogens is 1. The topological polar surface area (TPSA) is 128 Å². The van der Waals surface area contributed by atoms with Crippen LogP contribution in [-0.2, 0) is 0 Å². The molecule has 2 N–H and O–H groups in total. The van der Waals surface area contributed by atoms with Crippen LogP contribution >= 0.6 is 23.2 Å². The average Bonchev–Trinajstić information content (AvgIpc) is 3.03. The van der Waals surface area contributed by atoms with E-state index >= 15 is 0 Å². The number of nitro groups is 1. The summed E-state index contributed by atoms with van der Waals surface area (Å²) in [5.74, 6) is 0.242. The molecule has 0 saturated carbocycles. The Kier molecular flexibility index (Phi) is 5.81. The van der Waals surface area contributed by atoms with Crippen LogP contribution in [0.15, 0.2) is 52.1 Å². The van der Waals surface area contributed by atoms with E-state index in [-0.39, 0.29) is 22.8 Å². The summed E-state index contributed by atoms with van der Waals surface area (Å²) < 4.78 is 5.21. The molecule has 0 atom stereocenters. The molecule has 0 aliphatic heterocycles. The Hall–Kier alpha value is -3.43. The number of hydrogen-bond donors (Lipinski definition) is 1. The third-order valence-electron chi connectivity index (χ3n) is 3.86. The Bertz CT molecular complexity index is 1110. The first-order valence-corrected chi connectivity index (χ1v) is 8.84. The highest BCUT2D eigenvalue weighted by molar-refractivity contribution is 6.39. The number of carbonyl (C=O) groups excluding carboxylic acids is 1. The SMILES string of the molecule is Cc1onc(-c2c(Cl)cccc2Cl)c1N(/N=C\c1cccc([N+](=O)[O-])c1)C(N)=O. The number of nitrogens with two attached hydrogens (primary N) is 1. The smallest absolute Gasteiger partial charge is 0.340 e. The number of halogens is 2. The van der Waals surface area contributed by atoms with Crippen LogP contribution in [0.2, 0.25) is 10.0 Å². The van der Waals surface area contributed by atoms with Crippen molar-refractivity contribution in [1.82, 2.24) is 5.16 Å². The summed E-state index contributed by atoms with van der Waals surface area (Å²) in [6.45, 7) is 1.56. The van der Waals surface area contributed by atoms with Gasteiger partial charge in [-0.25, -0.2) is 4.79 Å². The van der Waals surface area contributed by atoms with E-state index in [9.17, 15) is 14.9 Å². The second-order valence-corrected chi connectivity index (χ2v) is 6.59. The number of carbonyl (C=O) groups is 1. The van der Waals surface area contributed by atoms with Crippen LogP contribution in [0, 0.1) is 17.0 Å². The Labute approximate surface area is 174 Å². The van der Waals surface area contributed by atoms with E-state index in [1.807, 2.05) is 0 Å². The number of rotatable bonds is 5. The van der Waals surface area contributed by atoms with Crippen LogP contribution in [0.1, 0.15) is 11.3 Å². The molecule has 0 aliphatic rings. The van der Waals surface area contributed by atoms with Gasteiger partial charge in [0.1, 0.15) is 11.4 Å². The number of aryl methyl sites for hydroxylation is 1. The van der Waals surface area contributed by atoms with Crippen molar-refractivity contribution in [3.05, 3.63) is 73.9 Å². The second kappa shape index (κ2) is 8.29. The number of amides is 2. The molecule has 0 spiro atoms. The Morgan fingerprint density at radius 3 is 2.55 bits per heavy atom. The molecule has 29 heavy (non-hydrogen) atoms. The van der Waals surface area contributed by atoms with E-state index in [2.05, 4.69) is 10.3 Å². The predicted molar refractivity (Wildman–Crippen MR) is 109 cm³/mol. The number of benzene rings is 2. The highest BCUT2D eigenvalue weighted by Crippen LogP contribution is 2.41. The monoisotopic (exact) mass is 433 g/mol. The number of primary amides is 1. The second-order valence-electron chi connectivity index (χ2n) is 5.78. The van der Waals surface area contributed by atoms with Crippen molar-refractivity contribution in [3.8, 4) is 11.3 Å². The minimum absolute atomic E-state index is 0.121. The largest absolute Gasteiger partial charge is 0.359 e. The molecule has 3 aromatic rings. The normalized spacial score (nSPS) is 11.0. The Balaban J connectivity index is 2.08. The van der Waals surface area contributed by atoms with Gasteiger partial charge >= 0.3 is 6.03 Å². The summed E-state index contributed by atoms with van der Waals surface area (Å²) in [4.78, 5) is 22.5. The summed E-state index contributed by atoms with van der Waals surface area (Å²) in [6.07, 6.45) is 1.25. The minimum Gasteiger partial charge on any atom is -0.359 e. The lowest BCUT2D eigenvalue weighted by atomic mass is 10.1. The first-order valence-electron chi connectivity index (χ1n) is 8.08. The van der Waals surface area contributed by atoms with E-state index in [1.165, 1.54) is 24.4 Å². The van der Waals surface area contributed by atoms with Crippen molar-refractivity contribution < 1.29 is 14.2 Å². The molecular weight excluding hydrogens is 421 g/mol. The maximum Gasteiger partial charge on any atom is 0.340 e. The molecule has 0 unspecified atom stereocenters. The van der Waals surface area contributed by atoms with Crippen LogP contribution in [0.3, 0.4) is 0 Å². The molecule has 0 fully saturated rings. The standard InChI is InChI=1S/C18H13Cl2N5O4/c1-10-17(16(23-29-10)15-13(19)6-3-7-14(15)20)24(18(21)26)22-9-11-4-2-5-12(8-11)25(27)28/h2-9H,1H3,(H2,21,26)/b22-9-. The molecule has 11 heteroatoms. The fourth-order valence-electron chi connectivity index (χ4n) is 2.57. The zero-order valence-electron chi connectivity index (χ0n) is 14.9. The zero-order valence-corrected chi connectivity index (χ0v) is 16.4.